The molecular formula is C12H11F2N3OS2. The molecule has 2 aromatic rings. The fraction of sp³-hybridized carbons (Fsp3) is 0.250. The Kier molecular flexibility index (Phi) is 4.66. The van der Waals surface area contributed by atoms with Gasteiger partial charge in [-0.1, -0.05) is 23.1 Å². The maximum atomic E-state index is 13.4. The normalized spacial score (nSPS) is 10.6. The van der Waals surface area contributed by atoms with Gasteiger partial charge >= 0.3 is 0 Å². The van der Waals surface area contributed by atoms with Crippen LogP contribution in [0.15, 0.2) is 22.5 Å². The molecule has 1 aromatic heterocycles. The van der Waals surface area contributed by atoms with E-state index in [-0.39, 0.29) is 11.3 Å². The average Bonchev–Trinajstić information content (AvgIpc) is 2.88. The molecule has 0 saturated heterocycles. The van der Waals surface area contributed by atoms with Crippen LogP contribution in [0.25, 0.3) is 0 Å². The molecule has 1 heterocycles. The van der Waals surface area contributed by atoms with Crippen molar-refractivity contribution in [2.75, 3.05) is 24.7 Å². The van der Waals surface area contributed by atoms with Crippen molar-refractivity contribution in [3.05, 3.63) is 35.4 Å². The monoisotopic (exact) mass is 315 g/mol. The molecule has 0 radical (unpaired) electrons. The number of hydrogen-bond acceptors (Lipinski definition) is 6. The van der Waals surface area contributed by atoms with E-state index in [0.717, 1.165) is 35.1 Å². The number of benzene rings is 1. The lowest BCUT2D eigenvalue weighted by Gasteiger charge is -2.03. The maximum absolute atomic E-state index is 13.4. The quantitative estimate of drug-likeness (QED) is 0.627. The van der Waals surface area contributed by atoms with E-state index in [4.69, 9.17) is 0 Å². The molecule has 0 unspecified atom stereocenters. The number of carbonyl (C=O) groups excluding carboxylic acids is 1. The van der Waals surface area contributed by atoms with Crippen LogP contribution in [0.2, 0.25) is 0 Å². The molecule has 0 aliphatic carbocycles. The summed E-state index contributed by atoms with van der Waals surface area (Å²) in [5, 5.41) is 8.56. The molecule has 0 N–H and O–H groups in total. The van der Waals surface area contributed by atoms with Crippen LogP contribution in [0.5, 0.6) is 0 Å². The fourth-order valence-corrected chi connectivity index (χ4v) is 3.00. The summed E-state index contributed by atoms with van der Waals surface area (Å²) >= 11 is 2.49. The highest BCUT2D eigenvalue weighted by atomic mass is 32.2. The Morgan fingerprint density at radius 1 is 1.35 bits per heavy atom. The SMILES string of the molecule is CN(C)c1nnc(SCC(=O)c2cc(F)ccc2F)s1. The van der Waals surface area contributed by atoms with Crippen LogP contribution in [0.4, 0.5) is 13.9 Å². The molecule has 0 amide bonds. The molecule has 8 heteroatoms. The summed E-state index contributed by atoms with van der Waals surface area (Å²) in [4.78, 5) is 13.7. The second-order valence-electron chi connectivity index (χ2n) is 4.08. The van der Waals surface area contributed by atoms with Crippen molar-refractivity contribution in [2.45, 2.75) is 4.34 Å². The number of carbonyl (C=O) groups is 1. The summed E-state index contributed by atoms with van der Waals surface area (Å²) in [6.45, 7) is 0. The number of hydrogen-bond donors (Lipinski definition) is 0. The minimum Gasteiger partial charge on any atom is -0.353 e. The molecule has 20 heavy (non-hydrogen) atoms. The van der Waals surface area contributed by atoms with E-state index in [1.807, 2.05) is 14.1 Å². The number of rotatable bonds is 5. The highest BCUT2D eigenvalue weighted by Gasteiger charge is 2.15. The molecular weight excluding hydrogens is 304 g/mol. The Morgan fingerprint density at radius 3 is 2.75 bits per heavy atom. The van der Waals surface area contributed by atoms with Crippen LogP contribution in [-0.4, -0.2) is 35.8 Å². The Balaban J connectivity index is 2.02. The topological polar surface area (TPSA) is 46.1 Å². The zero-order chi connectivity index (χ0) is 14.7. The van der Waals surface area contributed by atoms with Gasteiger partial charge in [0.2, 0.25) is 5.13 Å². The summed E-state index contributed by atoms with van der Waals surface area (Å²) < 4.78 is 27.0. The van der Waals surface area contributed by atoms with Crippen LogP contribution in [0.1, 0.15) is 10.4 Å². The van der Waals surface area contributed by atoms with Crippen LogP contribution in [0.3, 0.4) is 0 Å². The number of aromatic nitrogens is 2. The predicted molar refractivity (Wildman–Crippen MR) is 75.6 cm³/mol. The molecule has 2 rings (SSSR count). The Bertz CT molecular complexity index is 631. The highest BCUT2D eigenvalue weighted by molar-refractivity contribution is 8.01. The van der Waals surface area contributed by atoms with E-state index >= 15 is 0 Å². The van der Waals surface area contributed by atoms with Crippen molar-refractivity contribution in [1.82, 2.24) is 10.2 Å². The Morgan fingerprint density at radius 2 is 2.10 bits per heavy atom. The summed E-state index contributed by atoms with van der Waals surface area (Å²) in [5.41, 5.74) is -0.241. The van der Waals surface area contributed by atoms with Gasteiger partial charge in [-0.25, -0.2) is 8.78 Å². The third-order valence-electron chi connectivity index (χ3n) is 2.33. The van der Waals surface area contributed by atoms with Crippen molar-refractivity contribution >= 4 is 34.0 Å². The average molecular weight is 315 g/mol. The van der Waals surface area contributed by atoms with Crippen molar-refractivity contribution in [2.24, 2.45) is 0 Å². The van der Waals surface area contributed by atoms with Crippen molar-refractivity contribution in [3.63, 3.8) is 0 Å². The van der Waals surface area contributed by atoms with Crippen LogP contribution >= 0.6 is 23.1 Å². The van der Waals surface area contributed by atoms with E-state index < -0.39 is 17.4 Å². The van der Waals surface area contributed by atoms with Gasteiger partial charge in [-0.05, 0) is 18.2 Å². The molecule has 4 nitrogen and oxygen atoms in total. The highest BCUT2D eigenvalue weighted by Crippen LogP contribution is 2.27. The van der Waals surface area contributed by atoms with Gasteiger partial charge in [0, 0.05) is 14.1 Å². The lowest BCUT2D eigenvalue weighted by molar-refractivity contribution is 0.101. The lowest BCUT2D eigenvalue weighted by Crippen LogP contribution is -2.07. The smallest absolute Gasteiger partial charge is 0.208 e. The zero-order valence-corrected chi connectivity index (χ0v) is 12.4. The third-order valence-corrected chi connectivity index (χ3v) is 4.56. The molecule has 0 atom stereocenters. The van der Waals surface area contributed by atoms with E-state index in [1.165, 1.54) is 11.3 Å². The minimum atomic E-state index is -0.719. The number of thioether (sulfide) groups is 1. The zero-order valence-electron chi connectivity index (χ0n) is 10.8. The van der Waals surface area contributed by atoms with Crippen molar-refractivity contribution in [1.29, 1.82) is 0 Å². The summed E-state index contributed by atoms with van der Waals surface area (Å²) in [5.74, 6) is -1.84. The van der Waals surface area contributed by atoms with Gasteiger partial charge in [0.1, 0.15) is 11.6 Å². The number of ketones is 1. The van der Waals surface area contributed by atoms with E-state index in [2.05, 4.69) is 10.2 Å². The first-order valence-corrected chi connectivity index (χ1v) is 7.39. The van der Waals surface area contributed by atoms with E-state index in [0.29, 0.717) is 4.34 Å². The van der Waals surface area contributed by atoms with Gasteiger partial charge in [-0.3, -0.25) is 4.79 Å². The van der Waals surface area contributed by atoms with Gasteiger partial charge < -0.3 is 4.90 Å². The fourth-order valence-electron chi connectivity index (χ4n) is 1.36. The van der Waals surface area contributed by atoms with Crippen LogP contribution in [-0.2, 0) is 0 Å². The van der Waals surface area contributed by atoms with E-state index in [9.17, 15) is 13.6 Å². The molecule has 0 saturated carbocycles. The number of halogens is 2. The largest absolute Gasteiger partial charge is 0.353 e. The van der Waals surface area contributed by atoms with Crippen molar-refractivity contribution < 1.29 is 13.6 Å². The first-order chi connectivity index (χ1) is 9.47. The summed E-state index contributed by atoms with van der Waals surface area (Å²) in [6.07, 6.45) is 0. The molecule has 0 aliphatic heterocycles. The van der Waals surface area contributed by atoms with Gasteiger partial charge in [0.05, 0.1) is 11.3 Å². The number of nitrogens with zero attached hydrogens (tertiary/aromatic N) is 3. The first-order valence-electron chi connectivity index (χ1n) is 5.59. The van der Waals surface area contributed by atoms with Gasteiger partial charge in [0.15, 0.2) is 10.1 Å². The maximum Gasteiger partial charge on any atom is 0.208 e. The lowest BCUT2D eigenvalue weighted by atomic mass is 10.1. The standard InChI is InChI=1S/C12H11F2N3OS2/c1-17(2)11-15-16-12(20-11)19-6-10(18)8-5-7(13)3-4-9(8)14/h3-5H,6H2,1-2H3. The van der Waals surface area contributed by atoms with Crippen molar-refractivity contribution in [3.8, 4) is 0 Å². The molecule has 0 spiro atoms. The third kappa shape index (κ3) is 3.51. The number of anilines is 1. The van der Waals surface area contributed by atoms with E-state index in [1.54, 1.807) is 4.90 Å². The molecule has 0 fully saturated rings. The Hall–Kier alpha value is -1.54. The predicted octanol–water partition coefficient (Wildman–Crippen LogP) is 2.86. The van der Waals surface area contributed by atoms with Gasteiger partial charge in [-0.2, -0.15) is 0 Å². The second-order valence-corrected chi connectivity index (χ2v) is 6.26. The second kappa shape index (κ2) is 6.27. The van der Waals surface area contributed by atoms with Crippen LogP contribution < -0.4 is 4.90 Å². The minimum absolute atomic E-state index is 0.0115. The molecule has 1 aromatic carbocycles. The first kappa shape index (κ1) is 14.9. The van der Waals surface area contributed by atoms with Crippen LogP contribution in [0, 0.1) is 11.6 Å². The molecule has 106 valence electrons. The van der Waals surface area contributed by atoms with Gasteiger partial charge in [0.25, 0.3) is 0 Å². The molecule has 0 bridgehead atoms. The molecule has 0 aliphatic rings. The number of Topliss-reactive ketones (excluding diaryl/α,β-unsaturated/α-hetero) is 1. The summed E-state index contributed by atoms with van der Waals surface area (Å²) in [7, 11) is 3.67. The Labute approximate surface area is 122 Å². The van der Waals surface area contributed by atoms with Gasteiger partial charge in [-0.15, -0.1) is 10.2 Å². The summed E-state index contributed by atoms with van der Waals surface area (Å²) in [6, 6.07) is 2.83.